The van der Waals surface area contributed by atoms with E-state index in [2.05, 4.69) is 35.0 Å². The van der Waals surface area contributed by atoms with E-state index in [0.29, 0.717) is 5.92 Å². The fourth-order valence-electron chi connectivity index (χ4n) is 2.66. The number of nitrogens with one attached hydrogen (secondary N) is 1. The van der Waals surface area contributed by atoms with Crippen LogP contribution in [0.1, 0.15) is 20.8 Å². The maximum Gasteiger partial charge on any atom is 0.237 e. The Hall–Kier alpha value is -1.26. The Kier molecular flexibility index (Phi) is 6.09. The van der Waals surface area contributed by atoms with Crippen LogP contribution in [0.2, 0.25) is 5.02 Å². The maximum absolute atomic E-state index is 12.2. The van der Waals surface area contributed by atoms with E-state index in [1.165, 1.54) is 0 Å². The molecule has 122 valence electrons. The second kappa shape index (κ2) is 7.84. The van der Waals surface area contributed by atoms with Gasteiger partial charge in [0.05, 0.1) is 6.04 Å². The van der Waals surface area contributed by atoms with Crippen LogP contribution in [0.3, 0.4) is 0 Å². The monoisotopic (exact) mass is 323 g/mol. The summed E-state index contributed by atoms with van der Waals surface area (Å²) in [6, 6.07) is 7.88. The first-order chi connectivity index (χ1) is 10.5. The third kappa shape index (κ3) is 4.62. The summed E-state index contributed by atoms with van der Waals surface area (Å²) in [6.45, 7) is 10.6. The molecule has 0 bridgehead atoms. The average molecular weight is 324 g/mol. The first-order valence-corrected chi connectivity index (χ1v) is 8.37. The van der Waals surface area contributed by atoms with E-state index in [1.54, 1.807) is 0 Å². The van der Waals surface area contributed by atoms with Crippen molar-refractivity contribution in [2.24, 2.45) is 5.92 Å². The fraction of sp³-hybridized carbons (Fsp3) is 0.588. The number of amides is 1. The van der Waals surface area contributed by atoms with Crippen LogP contribution >= 0.6 is 11.6 Å². The summed E-state index contributed by atoms with van der Waals surface area (Å²) in [4.78, 5) is 16.7. The van der Waals surface area contributed by atoms with Crippen molar-refractivity contribution in [1.82, 2.24) is 10.2 Å². The Bertz CT molecular complexity index is 498. The number of nitrogens with zero attached hydrogens (tertiary/aromatic N) is 2. The van der Waals surface area contributed by atoms with Crippen molar-refractivity contribution in [3.63, 3.8) is 0 Å². The summed E-state index contributed by atoms with van der Waals surface area (Å²) in [5.41, 5.74) is 1.16. The molecule has 1 aromatic carbocycles. The third-order valence-corrected chi connectivity index (χ3v) is 4.33. The number of anilines is 1. The lowest BCUT2D eigenvalue weighted by atomic mass is 10.1. The van der Waals surface area contributed by atoms with Crippen molar-refractivity contribution in [3.8, 4) is 0 Å². The zero-order valence-electron chi connectivity index (χ0n) is 13.7. The molecule has 1 aromatic rings. The topological polar surface area (TPSA) is 35.6 Å². The molecule has 1 N–H and O–H groups in total. The highest BCUT2D eigenvalue weighted by Crippen LogP contribution is 2.21. The smallest absolute Gasteiger partial charge is 0.237 e. The lowest BCUT2D eigenvalue weighted by molar-refractivity contribution is -0.126. The largest absolute Gasteiger partial charge is 0.369 e. The molecular weight excluding hydrogens is 298 g/mol. The quantitative estimate of drug-likeness (QED) is 0.905. The summed E-state index contributed by atoms with van der Waals surface area (Å²) in [5.74, 6) is 0.612. The van der Waals surface area contributed by atoms with Gasteiger partial charge in [0.1, 0.15) is 0 Å². The molecular formula is C17H26ClN3O. The number of carbonyl (C=O) groups is 1. The molecule has 4 nitrogen and oxygen atoms in total. The number of hydrogen-bond acceptors (Lipinski definition) is 3. The highest BCUT2D eigenvalue weighted by molar-refractivity contribution is 6.30. The SMILES string of the molecule is CC(C)CNC(=O)[C@@H](C)N1CCN(c2cccc(Cl)c2)CC1. The van der Waals surface area contributed by atoms with E-state index < -0.39 is 0 Å². The fourth-order valence-corrected chi connectivity index (χ4v) is 2.84. The predicted molar refractivity (Wildman–Crippen MR) is 92.5 cm³/mol. The van der Waals surface area contributed by atoms with Crippen LogP contribution in [0.4, 0.5) is 5.69 Å². The van der Waals surface area contributed by atoms with Crippen LogP contribution in [0.15, 0.2) is 24.3 Å². The van der Waals surface area contributed by atoms with Gasteiger partial charge < -0.3 is 10.2 Å². The Morgan fingerprint density at radius 2 is 1.91 bits per heavy atom. The van der Waals surface area contributed by atoms with Crippen LogP contribution in [0.25, 0.3) is 0 Å². The van der Waals surface area contributed by atoms with Gasteiger partial charge in [0, 0.05) is 43.4 Å². The molecule has 1 atom stereocenters. The minimum atomic E-state index is -0.0692. The summed E-state index contributed by atoms with van der Waals surface area (Å²) in [7, 11) is 0. The first kappa shape index (κ1) is 17.1. The van der Waals surface area contributed by atoms with Crippen molar-refractivity contribution in [1.29, 1.82) is 0 Å². The van der Waals surface area contributed by atoms with Crippen molar-refractivity contribution in [2.45, 2.75) is 26.8 Å². The van der Waals surface area contributed by atoms with E-state index in [9.17, 15) is 4.79 Å². The van der Waals surface area contributed by atoms with Crippen LogP contribution < -0.4 is 10.2 Å². The van der Waals surface area contributed by atoms with E-state index in [-0.39, 0.29) is 11.9 Å². The maximum atomic E-state index is 12.2. The molecule has 1 aliphatic heterocycles. The Balaban J connectivity index is 1.85. The van der Waals surface area contributed by atoms with Crippen LogP contribution in [0, 0.1) is 5.92 Å². The summed E-state index contributed by atoms with van der Waals surface area (Å²) < 4.78 is 0. The van der Waals surface area contributed by atoms with Gasteiger partial charge in [-0.2, -0.15) is 0 Å². The number of carbonyl (C=O) groups excluding carboxylic acids is 1. The van der Waals surface area contributed by atoms with Gasteiger partial charge in [0.25, 0.3) is 0 Å². The number of hydrogen-bond donors (Lipinski definition) is 1. The normalized spacial score (nSPS) is 17.6. The minimum Gasteiger partial charge on any atom is -0.369 e. The molecule has 1 fully saturated rings. The molecule has 0 radical (unpaired) electrons. The molecule has 1 heterocycles. The zero-order chi connectivity index (χ0) is 16.1. The summed E-state index contributed by atoms with van der Waals surface area (Å²) >= 11 is 6.05. The van der Waals surface area contributed by atoms with Crippen LogP contribution in [-0.2, 0) is 4.79 Å². The van der Waals surface area contributed by atoms with Gasteiger partial charge in [0.15, 0.2) is 0 Å². The Morgan fingerprint density at radius 1 is 1.23 bits per heavy atom. The second-order valence-corrected chi connectivity index (χ2v) is 6.75. The number of piperazine rings is 1. The number of halogens is 1. The van der Waals surface area contributed by atoms with E-state index in [0.717, 1.165) is 43.4 Å². The first-order valence-electron chi connectivity index (χ1n) is 7.99. The molecule has 2 rings (SSSR count). The molecule has 1 amide bonds. The molecule has 5 heteroatoms. The lowest BCUT2D eigenvalue weighted by Crippen LogP contribution is -2.54. The molecule has 0 aromatic heterocycles. The zero-order valence-corrected chi connectivity index (χ0v) is 14.4. The molecule has 1 aliphatic rings. The Morgan fingerprint density at radius 3 is 2.50 bits per heavy atom. The highest BCUT2D eigenvalue weighted by Gasteiger charge is 2.25. The van der Waals surface area contributed by atoms with Crippen LogP contribution in [-0.4, -0.2) is 49.6 Å². The standard InChI is InChI=1S/C17H26ClN3O/c1-13(2)12-19-17(22)14(3)20-7-9-21(10-8-20)16-6-4-5-15(18)11-16/h4-6,11,13-14H,7-10,12H2,1-3H3,(H,19,22)/t14-/m1/s1. The molecule has 1 saturated heterocycles. The van der Waals surface area contributed by atoms with Gasteiger partial charge in [-0.25, -0.2) is 0 Å². The van der Waals surface area contributed by atoms with E-state index in [4.69, 9.17) is 11.6 Å². The number of rotatable bonds is 5. The van der Waals surface area contributed by atoms with Crippen LogP contribution in [0.5, 0.6) is 0 Å². The van der Waals surface area contributed by atoms with Gasteiger partial charge in [0.2, 0.25) is 5.91 Å². The molecule has 22 heavy (non-hydrogen) atoms. The van der Waals surface area contributed by atoms with Gasteiger partial charge >= 0.3 is 0 Å². The van der Waals surface area contributed by atoms with Crippen molar-refractivity contribution < 1.29 is 4.79 Å². The number of benzene rings is 1. The lowest BCUT2D eigenvalue weighted by Gasteiger charge is -2.38. The van der Waals surface area contributed by atoms with Crippen molar-refractivity contribution >= 4 is 23.2 Å². The summed E-state index contributed by atoms with van der Waals surface area (Å²) in [6.07, 6.45) is 0. The van der Waals surface area contributed by atoms with Gasteiger partial charge in [-0.15, -0.1) is 0 Å². The van der Waals surface area contributed by atoms with Gasteiger partial charge in [-0.05, 0) is 31.0 Å². The molecule has 0 saturated carbocycles. The summed E-state index contributed by atoms with van der Waals surface area (Å²) in [5, 5.41) is 3.78. The van der Waals surface area contributed by atoms with Gasteiger partial charge in [-0.3, -0.25) is 9.69 Å². The minimum absolute atomic E-state index is 0.0692. The highest BCUT2D eigenvalue weighted by atomic mass is 35.5. The van der Waals surface area contributed by atoms with E-state index in [1.807, 2.05) is 25.1 Å². The molecule has 0 aliphatic carbocycles. The van der Waals surface area contributed by atoms with Crippen molar-refractivity contribution in [2.75, 3.05) is 37.6 Å². The van der Waals surface area contributed by atoms with E-state index >= 15 is 0 Å². The molecule has 0 unspecified atom stereocenters. The molecule has 0 spiro atoms. The second-order valence-electron chi connectivity index (χ2n) is 6.32. The average Bonchev–Trinajstić information content (AvgIpc) is 2.52. The predicted octanol–water partition coefficient (Wildman–Crippen LogP) is 2.62. The van der Waals surface area contributed by atoms with Crippen molar-refractivity contribution in [3.05, 3.63) is 29.3 Å². The third-order valence-electron chi connectivity index (χ3n) is 4.10. The Labute approximate surface area is 138 Å². The van der Waals surface area contributed by atoms with Gasteiger partial charge in [-0.1, -0.05) is 31.5 Å².